The van der Waals surface area contributed by atoms with Crippen LogP contribution < -0.4 is 4.74 Å². The van der Waals surface area contributed by atoms with E-state index < -0.39 is 0 Å². The third-order valence-electron chi connectivity index (χ3n) is 5.37. The van der Waals surface area contributed by atoms with Crippen molar-refractivity contribution in [2.75, 3.05) is 46.9 Å². The molecule has 1 aliphatic heterocycles. The van der Waals surface area contributed by atoms with Gasteiger partial charge in [-0.15, -0.1) is 6.42 Å². The van der Waals surface area contributed by atoms with Crippen molar-refractivity contribution in [1.82, 2.24) is 14.8 Å². The van der Waals surface area contributed by atoms with Gasteiger partial charge in [0, 0.05) is 25.0 Å². The normalized spacial score (nSPS) is 17.8. The van der Waals surface area contributed by atoms with Gasteiger partial charge in [0.15, 0.2) is 0 Å². The minimum Gasteiger partial charge on any atom is -0.497 e. The van der Waals surface area contributed by atoms with Gasteiger partial charge in [-0.3, -0.25) is 19.6 Å². The fourth-order valence-corrected chi connectivity index (χ4v) is 3.82. The molecular weight excluding hydrogens is 373 g/mol. The number of aryl methyl sites for hydroxylation is 1. The van der Waals surface area contributed by atoms with Gasteiger partial charge in [0.25, 0.3) is 0 Å². The van der Waals surface area contributed by atoms with E-state index in [9.17, 15) is 9.18 Å². The molecule has 1 atom stereocenters. The molecule has 6 nitrogen and oxygen atoms in total. The van der Waals surface area contributed by atoms with Crippen molar-refractivity contribution in [2.24, 2.45) is 0 Å². The van der Waals surface area contributed by atoms with Crippen molar-refractivity contribution in [3.63, 3.8) is 0 Å². The van der Waals surface area contributed by atoms with Gasteiger partial charge in [-0.05, 0) is 43.1 Å². The van der Waals surface area contributed by atoms with E-state index in [0.29, 0.717) is 43.8 Å². The standard InChI is InChI=1S/C22H26FN3O3/c1-4-9-25-11-12-26(21(15-25)22(27)29-3)10-5-6-17-18-13-16(28-2)7-8-20(18)24-14-19(17)23/h1,7-8,13-14,21H,5-6,9-12,15H2,2-3H3/t21-/m1/s1. The number of benzene rings is 1. The molecule has 1 aromatic heterocycles. The number of fused-ring (bicyclic) bond motifs is 1. The zero-order valence-electron chi connectivity index (χ0n) is 16.9. The Balaban J connectivity index is 1.71. The van der Waals surface area contributed by atoms with Crippen molar-refractivity contribution in [3.05, 3.63) is 35.8 Å². The van der Waals surface area contributed by atoms with Crippen LogP contribution in [0.25, 0.3) is 10.9 Å². The predicted molar refractivity (Wildman–Crippen MR) is 109 cm³/mol. The Hall–Kier alpha value is -2.69. The van der Waals surface area contributed by atoms with E-state index in [1.54, 1.807) is 7.11 Å². The number of carbonyl (C=O) groups is 1. The Kier molecular flexibility index (Phi) is 7.02. The number of ether oxygens (including phenoxy) is 2. The number of terminal acetylenes is 1. The first-order chi connectivity index (χ1) is 14.1. The van der Waals surface area contributed by atoms with Crippen molar-refractivity contribution in [3.8, 4) is 18.1 Å². The first-order valence-electron chi connectivity index (χ1n) is 9.66. The van der Waals surface area contributed by atoms with Crippen LogP contribution in [0.2, 0.25) is 0 Å². The molecule has 29 heavy (non-hydrogen) atoms. The van der Waals surface area contributed by atoms with Crippen LogP contribution in [0.3, 0.4) is 0 Å². The highest BCUT2D eigenvalue weighted by atomic mass is 19.1. The van der Waals surface area contributed by atoms with E-state index in [-0.39, 0.29) is 17.8 Å². The number of pyridine rings is 1. The largest absolute Gasteiger partial charge is 0.497 e. The lowest BCUT2D eigenvalue weighted by molar-refractivity contribution is -0.149. The van der Waals surface area contributed by atoms with Gasteiger partial charge in [-0.25, -0.2) is 4.39 Å². The summed E-state index contributed by atoms with van der Waals surface area (Å²) in [6, 6.07) is 5.10. The van der Waals surface area contributed by atoms with Gasteiger partial charge in [0.2, 0.25) is 0 Å². The molecule has 0 bridgehead atoms. The molecule has 0 aliphatic carbocycles. The van der Waals surface area contributed by atoms with E-state index in [4.69, 9.17) is 15.9 Å². The minimum absolute atomic E-state index is 0.267. The summed E-state index contributed by atoms with van der Waals surface area (Å²) in [5, 5.41) is 0.757. The summed E-state index contributed by atoms with van der Waals surface area (Å²) in [5.41, 5.74) is 1.35. The molecule has 0 N–H and O–H groups in total. The molecule has 1 aromatic carbocycles. The molecule has 0 radical (unpaired) electrons. The van der Waals surface area contributed by atoms with E-state index in [0.717, 1.165) is 24.0 Å². The first kappa shape index (κ1) is 21.0. The van der Waals surface area contributed by atoms with Crippen LogP contribution in [0.5, 0.6) is 5.75 Å². The Labute approximate surface area is 170 Å². The number of esters is 1. The lowest BCUT2D eigenvalue weighted by Crippen LogP contribution is -2.56. The Morgan fingerprint density at radius 3 is 2.93 bits per heavy atom. The number of carbonyl (C=O) groups excluding carboxylic acids is 1. The average molecular weight is 399 g/mol. The Morgan fingerprint density at radius 1 is 1.38 bits per heavy atom. The van der Waals surface area contributed by atoms with Crippen molar-refractivity contribution in [2.45, 2.75) is 18.9 Å². The smallest absolute Gasteiger partial charge is 0.324 e. The molecule has 7 heteroatoms. The summed E-state index contributed by atoms with van der Waals surface area (Å²) < 4.78 is 24.7. The molecule has 2 aromatic rings. The Bertz CT molecular complexity index is 912. The lowest BCUT2D eigenvalue weighted by Gasteiger charge is -2.39. The summed E-state index contributed by atoms with van der Waals surface area (Å²) >= 11 is 0. The topological polar surface area (TPSA) is 54.9 Å². The number of nitrogens with zero attached hydrogens (tertiary/aromatic N) is 3. The van der Waals surface area contributed by atoms with Crippen LogP contribution in [-0.2, 0) is 16.0 Å². The highest BCUT2D eigenvalue weighted by molar-refractivity contribution is 5.83. The molecule has 1 fully saturated rings. The molecule has 0 unspecified atom stereocenters. The Morgan fingerprint density at radius 2 is 2.21 bits per heavy atom. The zero-order chi connectivity index (χ0) is 20.8. The van der Waals surface area contributed by atoms with Gasteiger partial charge >= 0.3 is 5.97 Å². The maximum Gasteiger partial charge on any atom is 0.324 e. The highest BCUT2D eigenvalue weighted by Crippen LogP contribution is 2.25. The molecule has 1 aliphatic rings. The monoisotopic (exact) mass is 399 g/mol. The number of hydrogen-bond donors (Lipinski definition) is 0. The summed E-state index contributed by atoms with van der Waals surface area (Å²) in [7, 11) is 2.98. The second kappa shape index (κ2) is 9.68. The molecule has 154 valence electrons. The van der Waals surface area contributed by atoms with Crippen LogP contribution in [0.15, 0.2) is 24.4 Å². The molecule has 0 amide bonds. The fraction of sp³-hybridized carbons (Fsp3) is 0.455. The molecular formula is C22H26FN3O3. The molecule has 2 heterocycles. The molecule has 1 saturated heterocycles. The predicted octanol–water partition coefficient (Wildman–Crippen LogP) is 2.11. The summed E-state index contributed by atoms with van der Waals surface area (Å²) in [5.74, 6) is 2.70. The van der Waals surface area contributed by atoms with E-state index in [2.05, 4.69) is 20.7 Å². The van der Waals surface area contributed by atoms with Crippen LogP contribution in [0.4, 0.5) is 4.39 Å². The summed E-state index contributed by atoms with van der Waals surface area (Å²) in [6.45, 7) is 3.23. The highest BCUT2D eigenvalue weighted by Gasteiger charge is 2.32. The quantitative estimate of drug-likeness (QED) is 0.525. The number of piperazine rings is 1. The van der Waals surface area contributed by atoms with Crippen LogP contribution >= 0.6 is 0 Å². The summed E-state index contributed by atoms with van der Waals surface area (Å²) in [4.78, 5) is 20.6. The van der Waals surface area contributed by atoms with Crippen LogP contribution in [0, 0.1) is 18.2 Å². The molecule has 3 rings (SSSR count). The molecule has 0 saturated carbocycles. The first-order valence-corrected chi connectivity index (χ1v) is 9.66. The second-order valence-corrected chi connectivity index (χ2v) is 7.09. The van der Waals surface area contributed by atoms with Crippen molar-refractivity contribution < 1.29 is 18.7 Å². The lowest BCUT2D eigenvalue weighted by atomic mass is 10.0. The van der Waals surface area contributed by atoms with Gasteiger partial charge in [-0.1, -0.05) is 5.92 Å². The number of methoxy groups -OCH3 is 2. The van der Waals surface area contributed by atoms with Gasteiger partial charge < -0.3 is 9.47 Å². The van der Waals surface area contributed by atoms with Crippen molar-refractivity contribution >= 4 is 16.9 Å². The van der Waals surface area contributed by atoms with Gasteiger partial charge in [-0.2, -0.15) is 0 Å². The third-order valence-corrected chi connectivity index (χ3v) is 5.37. The minimum atomic E-state index is -0.360. The second-order valence-electron chi connectivity index (χ2n) is 7.09. The maximum atomic E-state index is 14.5. The number of halogens is 1. The average Bonchev–Trinajstić information content (AvgIpc) is 2.75. The van der Waals surface area contributed by atoms with E-state index >= 15 is 0 Å². The number of aromatic nitrogens is 1. The van der Waals surface area contributed by atoms with Crippen molar-refractivity contribution in [1.29, 1.82) is 0 Å². The van der Waals surface area contributed by atoms with Crippen LogP contribution in [0.1, 0.15) is 12.0 Å². The SMILES string of the molecule is C#CCN1CCN(CCCc2c(F)cnc3ccc(OC)cc23)[C@@H](C(=O)OC)C1. The zero-order valence-corrected chi connectivity index (χ0v) is 16.9. The van der Waals surface area contributed by atoms with Gasteiger partial charge in [0.1, 0.15) is 17.6 Å². The maximum absolute atomic E-state index is 14.5. The van der Waals surface area contributed by atoms with Gasteiger partial charge in [0.05, 0.1) is 32.5 Å². The summed E-state index contributed by atoms with van der Waals surface area (Å²) in [6.07, 6.45) is 7.91. The third kappa shape index (κ3) is 4.84. The fourth-order valence-electron chi connectivity index (χ4n) is 3.82. The van der Waals surface area contributed by atoms with Crippen LogP contribution in [-0.4, -0.2) is 73.7 Å². The molecule has 0 spiro atoms. The number of hydrogen-bond acceptors (Lipinski definition) is 6. The number of rotatable bonds is 7. The van der Waals surface area contributed by atoms with E-state index in [1.165, 1.54) is 13.3 Å². The van der Waals surface area contributed by atoms with E-state index in [1.807, 2.05) is 18.2 Å².